The van der Waals surface area contributed by atoms with Gasteiger partial charge in [0.2, 0.25) is 0 Å². The van der Waals surface area contributed by atoms with Crippen molar-refractivity contribution in [2.75, 3.05) is 5.32 Å². The second-order valence-corrected chi connectivity index (χ2v) is 8.14. The monoisotopic (exact) mass is 447 g/mol. The minimum Gasteiger partial charge on any atom is -0.350 e. The van der Waals surface area contributed by atoms with E-state index in [9.17, 15) is 22.8 Å². The van der Waals surface area contributed by atoms with Gasteiger partial charge in [-0.2, -0.15) is 13.2 Å². The lowest BCUT2D eigenvalue weighted by Gasteiger charge is -2.12. The Kier molecular flexibility index (Phi) is 6.45. The number of carbonyl (C=O) groups excluding carboxylic acids is 2. The molecule has 1 aromatic heterocycles. The Morgan fingerprint density at radius 1 is 1.00 bits per heavy atom. The molecule has 0 saturated carbocycles. The summed E-state index contributed by atoms with van der Waals surface area (Å²) >= 11 is 1.07. The van der Waals surface area contributed by atoms with Crippen molar-refractivity contribution < 1.29 is 22.8 Å². The summed E-state index contributed by atoms with van der Waals surface area (Å²) < 4.78 is 38.3. The first-order valence-corrected chi connectivity index (χ1v) is 10.2. The van der Waals surface area contributed by atoms with E-state index in [1.807, 2.05) is 13.8 Å². The molecule has 2 amide bonds. The molecule has 5 nitrogen and oxygen atoms in total. The van der Waals surface area contributed by atoms with Crippen LogP contribution < -0.4 is 10.6 Å². The first-order chi connectivity index (χ1) is 14.6. The van der Waals surface area contributed by atoms with Crippen LogP contribution in [0.3, 0.4) is 0 Å². The second-order valence-electron chi connectivity index (χ2n) is 7.14. The minimum absolute atomic E-state index is 0.0636. The molecule has 0 fully saturated rings. The number of amides is 2. The third-order valence-electron chi connectivity index (χ3n) is 4.30. The highest BCUT2D eigenvalue weighted by Gasteiger charge is 2.30. The fraction of sp³-hybridized carbons (Fsp3) is 0.227. The summed E-state index contributed by atoms with van der Waals surface area (Å²) in [5, 5.41) is 5.95. The summed E-state index contributed by atoms with van der Waals surface area (Å²) in [6.07, 6.45) is -4.42. The van der Waals surface area contributed by atoms with E-state index in [2.05, 4.69) is 15.6 Å². The molecule has 2 N–H and O–H groups in total. The average molecular weight is 447 g/mol. The molecule has 1 heterocycles. The Morgan fingerprint density at radius 2 is 1.65 bits per heavy atom. The lowest BCUT2D eigenvalue weighted by atomic mass is 10.1. The average Bonchev–Trinajstić information content (AvgIpc) is 3.09. The molecule has 0 atom stereocenters. The van der Waals surface area contributed by atoms with Gasteiger partial charge in [0, 0.05) is 11.6 Å². The van der Waals surface area contributed by atoms with Gasteiger partial charge in [0.25, 0.3) is 11.8 Å². The van der Waals surface area contributed by atoms with Gasteiger partial charge in [-0.15, -0.1) is 11.3 Å². The molecule has 9 heteroatoms. The van der Waals surface area contributed by atoms with Crippen LogP contribution in [0.2, 0.25) is 0 Å². The number of alkyl halides is 3. The van der Waals surface area contributed by atoms with Gasteiger partial charge in [-0.05, 0) is 45.0 Å². The van der Waals surface area contributed by atoms with Crippen molar-refractivity contribution in [1.29, 1.82) is 0 Å². The van der Waals surface area contributed by atoms with Crippen LogP contribution in [0.15, 0.2) is 48.5 Å². The van der Waals surface area contributed by atoms with Crippen molar-refractivity contribution in [3.05, 3.63) is 70.2 Å². The van der Waals surface area contributed by atoms with E-state index in [4.69, 9.17) is 0 Å². The molecule has 2 aromatic carbocycles. The number of aromatic nitrogens is 1. The van der Waals surface area contributed by atoms with Gasteiger partial charge in [0.15, 0.2) is 0 Å². The van der Waals surface area contributed by atoms with Crippen LogP contribution in [0, 0.1) is 6.92 Å². The molecule has 0 unspecified atom stereocenters. The zero-order valence-corrected chi connectivity index (χ0v) is 17.8. The number of hydrogen-bond donors (Lipinski definition) is 2. The fourth-order valence-corrected chi connectivity index (χ4v) is 3.81. The van der Waals surface area contributed by atoms with E-state index >= 15 is 0 Å². The van der Waals surface area contributed by atoms with Gasteiger partial charge >= 0.3 is 6.18 Å². The zero-order chi connectivity index (χ0) is 22.8. The van der Waals surface area contributed by atoms with Crippen molar-refractivity contribution in [3.63, 3.8) is 0 Å². The van der Waals surface area contributed by atoms with Crippen LogP contribution in [0.4, 0.5) is 18.9 Å². The summed E-state index contributed by atoms with van der Waals surface area (Å²) in [5.74, 6) is -0.754. The number of rotatable bonds is 5. The van der Waals surface area contributed by atoms with Gasteiger partial charge in [-0.1, -0.05) is 24.3 Å². The number of anilines is 1. The lowest BCUT2D eigenvalue weighted by Crippen LogP contribution is -2.31. The van der Waals surface area contributed by atoms with Gasteiger partial charge in [0.1, 0.15) is 9.88 Å². The van der Waals surface area contributed by atoms with Crippen LogP contribution >= 0.6 is 11.3 Å². The van der Waals surface area contributed by atoms with E-state index in [1.165, 1.54) is 12.1 Å². The van der Waals surface area contributed by atoms with Crippen LogP contribution in [0.5, 0.6) is 0 Å². The molecule has 31 heavy (non-hydrogen) atoms. The molecule has 0 radical (unpaired) electrons. The second kappa shape index (κ2) is 8.89. The van der Waals surface area contributed by atoms with Crippen molar-refractivity contribution >= 4 is 28.8 Å². The maximum absolute atomic E-state index is 12.8. The van der Waals surface area contributed by atoms with E-state index in [-0.39, 0.29) is 11.9 Å². The van der Waals surface area contributed by atoms with Crippen molar-refractivity contribution in [1.82, 2.24) is 10.3 Å². The summed E-state index contributed by atoms with van der Waals surface area (Å²) in [6, 6.07) is 11.2. The maximum atomic E-state index is 12.8. The van der Waals surface area contributed by atoms with Crippen molar-refractivity contribution in [3.8, 4) is 10.6 Å². The third-order valence-corrected chi connectivity index (χ3v) is 5.51. The minimum atomic E-state index is -4.42. The van der Waals surface area contributed by atoms with Crippen LogP contribution in [-0.2, 0) is 6.18 Å². The largest absolute Gasteiger partial charge is 0.416 e. The Morgan fingerprint density at radius 3 is 2.26 bits per heavy atom. The molecule has 0 saturated heterocycles. The summed E-state index contributed by atoms with van der Waals surface area (Å²) in [4.78, 5) is 29.9. The Balaban J connectivity index is 1.83. The topological polar surface area (TPSA) is 71.1 Å². The quantitative estimate of drug-likeness (QED) is 0.540. The van der Waals surface area contributed by atoms with Gasteiger partial charge < -0.3 is 10.6 Å². The molecule has 0 aliphatic rings. The number of para-hydroxylation sites is 1. The predicted molar refractivity (Wildman–Crippen MR) is 114 cm³/mol. The van der Waals surface area contributed by atoms with Gasteiger partial charge in [0.05, 0.1) is 22.5 Å². The molecule has 162 valence electrons. The van der Waals surface area contributed by atoms with E-state index < -0.39 is 17.6 Å². The van der Waals surface area contributed by atoms with E-state index in [0.29, 0.717) is 32.4 Å². The number of aryl methyl sites for hydroxylation is 1. The van der Waals surface area contributed by atoms with Crippen LogP contribution in [0.25, 0.3) is 10.6 Å². The Hall–Kier alpha value is -3.20. The van der Waals surface area contributed by atoms with Crippen molar-refractivity contribution in [2.24, 2.45) is 0 Å². The first kappa shape index (κ1) is 22.5. The van der Waals surface area contributed by atoms with E-state index in [0.717, 1.165) is 23.5 Å². The number of carbonyl (C=O) groups is 2. The summed E-state index contributed by atoms with van der Waals surface area (Å²) in [6.45, 7) is 5.32. The molecule has 3 aromatic rings. The summed E-state index contributed by atoms with van der Waals surface area (Å²) in [7, 11) is 0. The highest BCUT2D eigenvalue weighted by atomic mass is 32.1. The molecule has 0 aliphatic heterocycles. The third kappa shape index (κ3) is 5.29. The molecule has 0 spiro atoms. The van der Waals surface area contributed by atoms with Gasteiger partial charge in [-0.25, -0.2) is 4.98 Å². The number of nitrogens with zero attached hydrogens (tertiary/aromatic N) is 1. The standard InChI is InChI=1S/C22H20F3N3O2S/c1-12(2)26-19(29)16-6-4-5-7-17(16)28-20(30)18-13(3)27-21(31-18)14-8-10-15(11-9-14)22(23,24)25/h4-12H,1-3H3,(H,26,29)(H,28,30). The number of benzene rings is 2. The highest BCUT2D eigenvalue weighted by Crippen LogP contribution is 2.33. The maximum Gasteiger partial charge on any atom is 0.416 e. The fourth-order valence-electron chi connectivity index (χ4n) is 2.84. The molecular weight excluding hydrogens is 427 g/mol. The van der Waals surface area contributed by atoms with Crippen LogP contribution in [-0.4, -0.2) is 22.8 Å². The number of thiazole rings is 1. The highest BCUT2D eigenvalue weighted by molar-refractivity contribution is 7.17. The molecule has 3 rings (SSSR count). The molecule has 0 bridgehead atoms. The predicted octanol–water partition coefficient (Wildman–Crippen LogP) is 5.53. The Bertz CT molecular complexity index is 1110. The lowest BCUT2D eigenvalue weighted by molar-refractivity contribution is -0.137. The normalized spacial score (nSPS) is 11.5. The van der Waals surface area contributed by atoms with Crippen LogP contribution in [0.1, 0.15) is 45.1 Å². The first-order valence-electron chi connectivity index (χ1n) is 9.42. The summed E-state index contributed by atoms with van der Waals surface area (Å²) in [5.41, 5.74) is 0.862. The number of halogens is 3. The number of hydrogen-bond acceptors (Lipinski definition) is 4. The number of nitrogens with one attached hydrogen (secondary N) is 2. The smallest absolute Gasteiger partial charge is 0.350 e. The zero-order valence-electron chi connectivity index (χ0n) is 17.0. The SMILES string of the molecule is Cc1nc(-c2ccc(C(F)(F)F)cc2)sc1C(=O)Nc1ccccc1C(=O)NC(C)C. The van der Waals surface area contributed by atoms with E-state index in [1.54, 1.807) is 31.2 Å². The van der Waals surface area contributed by atoms with Gasteiger partial charge in [-0.3, -0.25) is 9.59 Å². The van der Waals surface area contributed by atoms with Crippen molar-refractivity contribution in [2.45, 2.75) is 33.0 Å². The molecule has 0 aliphatic carbocycles. The Labute approximate surface area is 181 Å². The molecular formula is C22H20F3N3O2S.